The first-order valence-corrected chi connectivity index (χ1v) is 9.26. The van der Waals surface area contributed by atoms with Crippen LogP contribution >= 0.6 is 11.6 Å². The Morgan fingerprint density at radius 2 is 1.52 bits per heavy atom. The zero-order valence-corrected chi connectivity index (χ0v) is 17.3. The van der Waals surface area contributed by atoms with Gasteiger partial charge in [0.05, 0.1) is 26.9 Å². The Morgan fingerprint density at radius 1 is 0.931 bits per heavy atom. The number of halogens is 1. The third-order valence-electron chi connectivity index (χ3n) is 4.55. The number of anilines is 1. The van der Waals surface area contributed by atoms with Gasteiger partial charge in [0.2, 0.25) is 5.75 Å². The van der Waals surface area contributed by atoms with E-state index in [9.17, 15) is 9.59 Å². The number of hydrogen-bond donors (Lipinski definition) is 1. The van der Waals surface area contributed by atoms with E-state index in [1.807, 2.05) is 0 Å². The molecule has 1 heterocycles. The molecule has 2 aromatic rings. The molecule has 29 heavy (non-hydrogen) atoms. The minimum atomic E-state index is -0.406. The van der Waals surface area contributed by atoms with Crippen LogP contribution in [0.5, 0.6) is 17.2 Å². The largest absolute Gasteiger partial charge is 0.493 e. The zero-order valence-electron chi connectivity index (χ0n) is 16.5. The molecular formula is C21H21ClN2O5. The third kappa shape index (κ3) is 3.73. The maximum atomic E-state index is 12.9. The van der Waals surface area contributed by atoms with Crippen molar-refractivity contribution in [3.05, 3.63) is 52.7 Å². The quantitative estimate of drug-likeness (QED) is 0.695. The molecule has 0 aromatic heterocycles. The van der Waals surface area contributed by atoms with E-state index < -0.39 is 5.91 Å². The molecule has 0 spiro atoms. The summed E-state index contributed by atoms with van der Waals surface area (Å²) in [5.74, 6) is 0.502. The number of rotatable bonds is 7. The second-order valence-corrected chi connectivity index (χ2v) is 6.59. The van der Waals surface area contributed by atoms with Gasteiger partial charge in [-0.1, -0.05) is 23.7 Å². The summed E-state index contributed by atoms with van der Waals surface area (Å²) in [6.45, 7) is 2.01. The van der Waals surface area contributed by atoms with Crippen LogP contribution in [0.1, 0.15) is 12.5 Å². The van der Waals surface area contributed by atoms with Crippen molar-refractivity contribution < 1.29 is 23.8 Å². The van der Waals surface area contributed by atoms with Gasteiger partial charge in [0.1, 0.15) is 5.70 Å². The lowest BCUT2D eigenvalue weighted by Crippen LogP contribution is -2.32. The minimum Gasteiger partial charge on any atom is -0.493 e. The van der Waals surface area contributed by atoms with Gasteiger partial charge in [-0.15, -0.1) is 0 Å². The van der Waals surface area contributed by atoms with Crippen LogP contribution in [0.2, 0.25) is 5.02 Å². The van der Waals surface area contributed by atoms with Crippen LogP contribution in [0.15, 0.2) is 42.1 Å². The van der Waals surface area contributed by atoms with Crippen LogP contribution in [0, 0.1) is 0 Å². The second-order valence-electron chi connectivity index (χ2n) is 6.15. The van der Waals surface area contributed by atoms with E-state index in [-0.39, 0.29) is 23.7 Å². The molecule has 152 valence electrons. The normalized spacial score (nSPS) is 13.8. The van der Waals surface area contributed by atoms with Crippen molar-refractivity contribution >= 4 is 34.7 Å². The predicted octanol–water partition coefficient (Wildman–Crippen LogP) is 3.58. The fourth-order valence-corrected chi connectivity index (χ4v) is 3.29. The van der Waals surface area contributed by atoms with Crippen LogP contribution in [0.4, 0.5) is 5.69 Å². The topological polar surface area (TPSA) is 77.1 Å². The number of ether oxygens (including phenoxy) is 3. The van der Waals surface area contributed by atoms with Gasteiger partial charge in [0.25, 0.3) is 11.8 Å². The summed E-state index contributed by atoms with van der Waals surface area (Å²) in [4.78, 5) is 27.0. The van der Waals surface area contributed by atoms with Gasteiger partial charge >= 0.3 is 0 Å². The fraction of sp³-hybridized carbons (Fsp3) is 0.238. The molecule has 3 rings (SSSR count). The Kier molecular flexibility index (Phi) is 5.98. The Balaban J connectivity index is 2.12. The number of nitrogens with one attached hydrogen (secondary N) is 1. The van der Waals surface area contributed by atoms with E-state index in [1.165, 1.54) is 26.2 Å². The molecule has 0 fully saturated rings. The van der Waals surface area contributed by atoms with Crippen molar-refractivity contribution in [3.63, 3.8) is 0 Å². The standard InChI is InChI=1S/C21H21ClN2O5/c1-5-24-20(25)17(12-6-8-13(22)9-7-12)18(21(24)26)23-14-10-15(27-2)19(29-4)16(11-14)28-3/h6-11,23H,5H2,1-4H3. The molecule has 7 nitrogen and oxygen atoms in total. The molecule has 0 atom stereocenters. The van der Waals surface area contributed by atoms with E-state index in [4.69, 9.17) is 25.8 Å². The van der Waals surface area contributed by atoms with Gasteiger partial charge in [-0.3, -0.25) is 14.5 Å². The number of benzene rings is 2. The summed E-state index contributed by atoms with van der Waals surface area (Å²) in [6, 6.07) is 10.1. The maximum Gasteiger partial charge on any atom is 0.278 e. The first-order valence-electron chi connectivity index (χ1n) is 8.88. The number of amides is 2. The molecule has 1 aliphatic rings. The van der Waals surface area contributed by atoms with Gasteiger partial charge in [-0.05, 0) is 24.6 Å². The predicted molar refractivity (Wildman–Crippen MR) is 110 cm³/mol. The highest BCUT2D eigenvalue weighted by atomic mass is 35.5. The number of carbonyl (C=O) groups is 2. The van der Waals surface area contributed by atoms with Crippen molar-refractivity contribution in [1.82, 2.24) is 4.90 Å². The first kappa shape index (κ1) is 20.5. The van der Waals surface area contributed by atoms with E-state index >= 15 is 0 Å². The van der Waals surface area contributed by atoms with Crippen molar-refractivity contribution in [1.29, 1.82) is 0 Å². The van der Waals surface area contributed by atoms with E-state index in [0.717, 1.165) is 0 Å². The van der Waals surface area contributed by atoms with Gasteiger partial charge < -0.3 is 19.5 Å². The highest BCUT2D eigenvalue weighted by molar-refractivity contribution is 6.36. The summed E-state index contributed by atoms with van der Waals surface area (Å²) in [6.07, 6.45) is 0. The minimum absolute atomic E-state index is 0.174. The molecule has 2 aromatic carbocycles. The van der Waals surface area contributed by atoms with Gasteiger partial charge in [-0.25, -0.2) is 0 Å². The number of carbonyl (C=O) groups excluding carboxylic acids is 2. The van der Waals surface area contributed by atoms with E-state index in [1.54, 1.807) is 43.3 Å². The fourth-order valence-electron chi connectivity index (χ4n) is 3.16. The summed E-state index contributed by atoms with van der Waals surface area (Å²) in [5.41, 5.74) is 1.56. The lowest BCUT2D eigenvalue weighted by molar-refractivity contribution is -0.136. The Hall–Kier alpha value is -3.19. The molecule has 0 aliphatic carbocycles. The van der Waals surface area contributed by atoms with Crippen molar-refractivity contribution in [2.45, 2.75) is 6.92 Å². The lowest BCUT2D eigenvalue weighted by Gasteiger charge is -2.16. The highest BCUT2D eigenvalue weighted by Crippen LogP contribution is 2.41. The molecule has 2 amide bonds. The van der Waals surface area contributed by atoms with Crippen LogP contribution in [0.25, 0.3) is 5.57 Å². The monoisotopic (exact) mass is 416 g/mol. The van der Waals surface area contributed by atoms with Crippen molar-refractivity contribution in [2.75, 3.05) is 33.2 Å². The zero-order chi connectivity index (χ0) is 21.1. The Labute approximate surface area is 173 Å². The number of nitrogens with zero attached hydrogens (tertiary/aromatic N) is 1. The lowest BCUT2D eigenvalue weighted by atomic mass is 10.0. The SMILES string of the molecule is CCN1C(=O)C(Nc2cc(OC)c(OC)c(OC)c2)=C(c2ccc(Cl)cc2)C1=O. The summed E-state index contributed by atoms with van der Waals surface area (Å²) < 4.78 is 16.0. The second kappa shape index (κ2) is 8.45. The van der Waals surface area contributed by atoms with Crippen molar-refractivity contribution in [2.24, 2.45) is 0 Å². The molecular weight excluding hydrogens is 396 g/mol. The summed E-state index contributed by atoms with van der Waals surface area (Å²) in [7, 11) is 4.51. The molecule has 0 bridgehead atoms. The molecule has 1 N–H and O–H groups in total. The average Bonchev–Trinajstić information content (AvgIpc) is 2.96. The molecule has 0 saturated heterocycles. The number of methoxy groups -OCH3 is 3. The van der Waals surface area contributed by atoms with E-state index in [2.05, 4.69) is 5.32 Å². The van der Waals surface area contributed by atoms with Gasteiger partial charge in [0.15, 0.2) is 11.5 Å². The smallest absolute Gasteiger partial charge is 0.278 e. The maximum absolute atomic E-state index is 12.9. The summed E-state index contributed by atoms with van der Waals surface area (Å²) in [5, 5.41) is 3.61. The molecule has 0 radical (unpaired) electrons. The Bertz CT molecular complexity index is 960. The Morgan fingerprint density at radius 3 is 2.00 bits per heavy atom. The van der Waals surface area contributed by atoms with Crippen LogP contribution in [-0.2, 0) is 9.59 Å². The van der Waals surface area contributed by atoms with Crippen molar-refractivity contribution in [3.8, 4) is 17.2 Å². The number of hydrogen-bond acceptors (Lipinski definition) is 6. The first-order chi connectivity index (χ1) is 13.9. The van der Waals surface area contributed by atoms with Gasteiger partial charge in [0, 0.05) is 29.4 Å². The molecule has 1 aliphatic heterocycles. The summed E-state index contributed by atoms with van der Waals surface area (Å²) >= 11 is 5.97. The molecule has 0 unspecified atom stereocenters. The molecule has 8 heteroatoms. The third-order valence-corrected chi connectivity index (χ3v) is 4.80. The van der Waals surface area contributed by atoms with Crippen LogP contribution in [-0.4, -0.2) is 44.6 Å². The molecule has 0 saturated carbocycles. The highest BCUT2D eigenvalue weighted by Gasteiger charge is 2.38. The van der Waals surface area contributed by atoms with Crippen LogP contribution < -0.4 is 19.5 Å². The van der Waals surface area contributed by atoms with E-state index in [0.29, 0.717) is 33.5 Å². The van der Waals surface area contributed by atoms with Gasteiger partial charge in [-0.2, -0.15) is 0 Å². The number of imide groups is 1. The average molecular weight is 417 g/mol. The number of likely N-dealkylation sites (N-methyl/N-ethyl adjacent to an activating group) is 1. The van der Waals surface area contributed by atoms with Crippen LogP contribution in [0.3, 0.4) is 0 Å².